The van der Waals surface area contributed by atoms with Gasteiger partial charge in [0.25, 0.3) is 0 Å². The molecule has 2 aromatic rings. The first kappa shape index (κ1) is 15.9. The van der Waals surface area contributed by atoms with E-state index >= 15 is 0 Å². The smallest absolute Gasteiger partial charge is 0.375 e. The molecule has 0 bridgehead atoms. The quantitative estimate of drug-likeness (QED) is 0.854. The van der Waals surface area contributed by atoms with E-state index in [9.17, 15) is 27.1 Å². The average molecular weight is 337 g/mol. The van der Waals surface area contributed by atoms with E-state index in [1.54, 1.807) is 6.92 Å². The van der Waals surface area contributed by atoms with Crippen LogP contribution in [0.1, 0.15) is 43.3 Å². The van der Waals surface area contributed by atoms with Gasteiger partial charge in [0, 0.05) is 5.56 Å². The molecule has 10 heteroatoms. The zero-order chi connectivity index (χ0) is 17.2. The van der Waals surface area contributed by atoms with Crippen LogP contribution in [0.4, 0.5) is 22.0 Å². The third-order valence-electron chi connectivity index (χ3n) is 4.06. The summed E-state index contributed by atoms with van der Waals surface area (Å²) in [4.78, 5) is 0. The SMILES string of the molecule is C[C@H]1Cc2c(cnn2C(F)F)-c2onc([C@@](C)(O)C(F)(F)F)c21. The summed E-state index contributed by atoms with van der Waals surface area (Å²) >= 11 is 0. The topological polar surface area (TPSA) is 64.1 Å². The van der Waals surface area contributed by atoms with Gasteiger partial charge in [0.05, 0.1) is 17.5 Å². The minimum atomic E-state index is -4.95. The molecule has 0 spiro atoms. The molecule has 2 heterocycles. The fourth-order valence-corrected chi connectivity index (χ4v) is 2.77. The van der Waals surface area contributed by atoms with Gasteiger partial charge in [0.1, 0.15) is 5.69 Å². The summed E-state index contributed by atoms with van der Waals surface area (Å²) in [6.07, 6.45) is -3.82. The maximum absolute atomic E-state index is 13.1. The third-order valence-corrected chi connectivity index (χ3v) is 4.06. The van der Waals surface area contributed by atoms with E-state index in [1.807, 2.05) is 0 Å². The fourth-order valence-electron chi connectivity index (χ4n) is 2.77. The Morgan fingerprint density at radius 2 is 2.04 bits per heavy atom. The lowest BCUT2D eigenvalue weighted by Crippen LogP contribution is -2.40. The first-order valence-corrected chi connectivity index (χ1v) is 6.69. The number of halogens is 5. The predicted molar refractivity (Wildman–Crippen MR) is 66.7 cm³/mol. The highest BCUT2D eigenvalue weighted by molar-refractivity contribution is 5.68. The number of rotatable bonds is 2. The molecule has 0 saturated carbocycles. The van der Waals surface area contributed by atoms with Crippen LogP contribution in [0.5, 0.6) is 0 Å². The van der Waals surface area contributed by atoms with Crippen molar-refractivity contribution in [2.24, 2.45) is 0 Å². The molecule has 23 heavy (non-hydrogen) atoms. The molecule has 3 rings (SSSR count). The Morgan fingerprint density at radius 3 is 2.61 bits per heavy atom. The summed E-state index contributed by atoms with van der Waals surface area (Å²) < 4.78 is 70.4. The van der Waals surface area contributed by atoms with Crippen LogP contribution in [0.15, 0.2) is 10.7 Å². The van der Waals surface area contributed by atoms with E-state index in [-0.39, 0.29) is 29.0 Å². The molecule has 2 aromatic heterocycles. The molecule has 0 aromatic carbocycles. The van der Waals surface area contributed by atoms with Gasteiger partial charge in [0.15, 0.2) is 5.76 Å². The Balaban J connectivity index is 2.18. The molecular weight excluding hydrogens is 325 g/mol. The van der Waals surface area contributed by atoms with Gasteiger partial charge in [-0.15, -0.1) is 0 Å². The molecule has 2 atom stereocenters. The minimum absolute atomic E-state index is 0.0365. The molecule has 0 amide bonds. The molecule has 1 aliphatic rings. The Hall–Kier alpha value is -1.97. The Labute approximate surface area is 126 Å². The minimum Gasteiger partial charge on any atom is -0.375 e. The van der Waals surface area contributed by atoms with E-state index in [1.165, 1.54) is 0 Å². The Kier molecular flexibility index (Phi) is 3.29. The van der Waals surface area contributed by atoms with Gasteiger partial charge >= 0.3 is 12.7 Å². The zero-order valence-corrected chi connectivity index (χ0v) is 12.0. The van der Waals surface area contributed by atoms with Crippen LogP contribution in [-0.2, 0) is 12.0 Å². The van der Waals surface area contributed by atoms with Gasteiger partial charge in [-0.05, 0) is 19.3 Å². The monoisotopic (exact) mass is 337 g/mol. The van der Waals surface area contributed by atoms with Crippen LogP contribution in [0.2, 0.25) is 0 Å². The van der Waals surface area contributed by atoms with Gasteiger partial charge in [-0.3, -0.25) is 0 Å². The second kappa shape index (κ2) is 4.76. The molecule has 0 fully saturated rings. The first-order valence-electron chi connectivity index (χ1n) is 6.69. The number of fused-ring (bicyclic) bond motifs is 3. The van der Waals surface area contributed by atoms with Crippen molar-refractivity contribution in [3.8, 4) is 11.3 Å². The molecule has 0 saturated heterocycles. The van der Waals surface area contributed by atoms with Crippen molar-refractivity contribution in [2.45, 2.75) is 44.5 Å². The lowest BCUT2D eigenvalue weighted by molar-refractivity contribution is -0.261. The summed E-state index contributed by atoms with van der Waals surface area (Å²) in [7, 11) is 0. The lowest BCUT2D eigenvalue weighted by atomic mass is 9.82. The van der Waals surface area contributed by atoms with Gasteiger partial charge in [0.2, 0.25) is 5.60 Å². The number of aliphatic hydroxyl groups is 1. The van der Waals surface area contributed by atoms with E-state index in [4.69, 9.17) is 4.52 Å². The van der Waals surface area contributed by atoms with Crippen molar-refractivity contribution in [1.29, 1.82) is 0 Å². The van der Waals surface area contributed by atoms with Crippen molar-refractivity contribution < 1.29 is 31.6 Å². The zero-order valence-electron chi connectivity index (χ0n) is 12.0. The second-order valence-electron chi connectivity index (χ2n) is 5.68. The van der Waals surface area contributed by atoms with Gasteiger partial charge in [-0.25, -0.2) is 4.68 Å². The van der Waals surface area contributed by atoms with Crippen LogP contribution in [0.3, 0.4) is 0 Å². The van der Waals surface area contributed by atoms with Crippen LogP contribution in [0.25, 0.3) is 11.3 Å². The molecule has 1 aliphatic carbocycles. The summed E-state index contributed by atoms with van der Waals surface area (Å²) in [5, 5.41) is 16.8. The second-order valence-corrected chi connectivity index (χ2v) is 5.68. The number of aromatic nitrogens is 3. The van der Waals surface area contributed by atoms with Crippen molar-refractivity contribution in [3.63, 3.8) is 0 Å². The normalized spacial score (nSPS) is 20.3. The van der Waals surface area contributed by atoms with Gasteiger partial charge < -0.3 is 9.63 Å². The Bertz CT molecular complexity index is 747. The van der Waals surface area contributed by atoms with Crippen molar-refractivity contribution >= 4 is 0 Å². The largest absolute Gasteiger partial charge is 0.422 e. The fraction of sp³-hybridized carbons (Fsp3) is 0.538. The highest BCUT2D eigenvalue weighted by Gasteiger charge is 2.55. The van der Waals surface area contributed by atoms with E-state index in [2.05, 4.69) is 10.3 Å². The van der Waals surface area contributed by atoms with Gasteiger partial charge in [-0.2, -0.15) is 27.1 Å². The first-order chi connectivity index (χ1) is 10.6. The standard InChI is InChI=1S/C13H12F5N3O2/c1-5-3-7-6(4-19-21(7)11(14)15)9-8(5)10(20-23-9)12(2,22)13(16,17)18/h4-5,11,22H,3H2,1-2H3/t5-,12+/m0/s1. The van der Waals surface area contributed by atoms with Crippen LogP contribution in [-0.4, -0.2) is 26.2 Å². The molecular formula is C13H12F5N3O2. The predicted octanol–water partition coefficient (Wildman–Crippen LogP) is 3.36. The van der Waals surface area contributed by atoms with Crippen LogP contribution >= 0.6 is 0 Å². The van der Waals surface area contributed by atoms with Crippen molar-refractivity contribution in [3.05, 3.63) is 23.1 Å². The van der Waals surface area contributed by atoms with E-state index < -0.39 is 29.9 Å². The molecule has 0 unspecified atom stereocenters. The summed E-state index contributed by atoms with van der Waals surface area (Å²) in [6.45, 7) is -0.735. The molecule has 1 N–H and O–H groups in total. The van der Waals surface area contributed by atoms with Crippen LogP contribution in [0, 0.1) is 0 Å². The number of nitrogens with zero attached hydrogens (tertiary/aromatic N) is 3. The van der Waals surface area contributed by atoms with Gasteiger partial charge in [-0.1, -0.05) is 12.1 Å². The Morgan fingerprint density at radius 1 is 1.39 bits per heavy atom. The van der Waals surface area contributed by atoms with Crippen molar-refractivity contribution in [1.82, 2.24) is 14.9 Å². The molecule has 5 nitrogen and oxygen atoms in total. The molecule has 0 radical (unpaired) electrons. The molecule has 126 valence electrons. The van der Waals surface area contributed by atoms with Crippen molar-refractivity contribution in [2.75, 3.05) is 0 Å². The van der Waals surface area contributed by atoms with E-state index in [0.717, 1.165) is 6.20 Å². The highest BCUT2D eigenvalue weighted by atomic mass is 19.4. The average Bonchev–Trinajstić information content (AvgIpc) is 3.00. The lowest BCUT2D eigenvalue weighted by Gasteiger charge is -2.27. The summed E-state index contributed by atoms with van der Waals surface area (Å²) in [5.41, 5.74) is -3.46. The molecule has 0 aliphatic heterocycles. The highest BCUT2D eigenvalue weighted by Crippen LogP contribution is 2.48. The summed E-state index contributed by atoms with van der Waals surface area (Å²) in [5.74, 6) is -0.660. The van der Waals surface area contributed by atoms with Crippen LogP contribution < -0.4 is 0 Å². The number of hydrogen-bond acceptors (Lipinski definition) is 4. The third kappa shape index (κ3) is 2.15. The number of hydrogen-bond donors (Lipinski definition) is 1. The summed E-state index contributed by atoms with van der Waals surface area (Å²) in [6, 6.07) is 0. The number of alkyl halides is 5. The maximum atomic E-state index is 13.1. The maximum Gasteiger partial charge on any atom is 0.422 e. The van der Waals surface area contributed by atoms with E-state index in [0.29, 0.717) is 11.6 Å².